The summed E-state index contributed by atoms with van der Waals surface area (Å²) in [6.07, 6.45) is 3.94. The van der Waals surface area contributed by atoms with Gasteiger partial charge >= 0.3 is 5.97 Å². The number of carbonyl (C=O) groups is 1. The Bertz CT molecular complexity index is 216. The lowest BCUT2D eigenvalue weighted by atomic mass is 9.85. The minimum atomic E-state index is -0.385. The van der Waals surface area contributed by atoms with Gasteiger partial charge in [0, 0.05) is 0 Å². The highest BCUT2D eigenvalue weighted by Gasteiger charge is 2.23. The highest BCUT2D eigenvalue weighted by atomic mass is 16.6. The van der Waals surface area contributed by atoms with Crippen molar-refractivity contribution < 1.29 is 9.53 Å². The van der Waals surface area contributed by atoms with E-state index in [1.54, 1.807) is 0 Å². The van der Waals surface area contributed by atoms with Crippen molar-refractivity contribution in [2.24, 2.45) is 5.92 Å². The summed E-state index contributed by atoms with van der Waals surface area (Å²) in [4.78, 5) is 11.6. The Kier molecular flexibility index (Phi) is 4.14. The summed E-state index contributed by atoms with van der Waals surface area (Å²) in [7, 11) is 0. The van der Waals surface area contributed by atoms with Gasteiger partial charge in [-0.25, -0.2) is 0 Å². The van der Waals surface area contributed by atoms with Gasteiger partial charge in [-0.15, -0.1) is 0 Å². The molecule has 15 heavy (non-hydrogen) atoms. The van der Waals surface area contributed by atoms with Gasteiger partial charge in [0.25, 0.3) is 0 Å². The van der Waals surface area contributed by atoms with Gasteiger partial charge in [0.2, 0.25) is 0 Å². The molecule has 1 fully saturated rings. The average molecular weight is 213 g/mol. The van der Waals surface area contributed by atoms with E-state index in [4.69, 9.17) is 4.74 Å². The van der Waals surface area contributed by atoms with Crippen LogP contribution in [-0.2, 0) is 9.53 Å². The van der Waals surface area contributed by atoms with Crippen molar-refractivity contribution in [2.75, 3.05) is 6.54 Å². The first-order valence-corrected chi connectivity index (χ1v) is 5.85. The molecule has 0 aliphatic heterocycles. The Morgan fingerprint density at radius 3 is 2.47 bits per heavy atom. The summed E-state index contributed by atoms with van der Waals surface area (Å²) in [5, 5.41) is 3.23. The fraction of sp³-hybridized carbons (Fsp3) is 0.917. The Hall–Kier alpha value is -0.570. The van der Waals surface area contributed by atoms with Crippen molar-refractivity contribution >= 4 is 5.97 Å². The van der Waals surface area contributed by atoms with Gasteiger partial charge < -0.3 is 10.1 Å². The number of hydrogen-bond acceptors (Lipinski definition) is 3. The molecule has 0 bridgehead atoms. The minimum absolute atomic E-state index is 0.151. The normalized spacial score (nSPS) is 19.5. The smallest absolute Gasteiger partial charge is 0.323 e. The van der Waals surface area contributed by atoms with Crippen LogP contribution in [0.1, 0.15) is 47.0 Å². The van der Waals surface area contributed by atoms with Crippen LogP contribution in [0.5, 0.6) is 0 Å². The molecule has 1 N–H and O–H groups in total. The maximum Gasteiger partial charge on any atom is 0.323 e. The number of rotatable bonds is 4. The molecule has 1 unspecified atom stereocenters. The number of carbonyl (C=O) groups excluding carboxylic acids is 1. The summed E-state index contributed by atoms with van der Waals surface area (Å²) in [6.45, 7) is 8.49. The predicted molar refractivity (Wildman–Crippen MR) is 60.7 cm³/mol. The van der Waals surface area contributed by atoms with E-state index in [2.05, 4.69) is 5.32 Å². The van der Waals surface area contributed by atoms with Crippen LogP contribution in [0.3, 0.4) is 0 Å². The molecule has 1 aliphatic rings. The molecule has 0 amide bonds. The van der Waals surface area contributed by atoms with Crippen LogP contribution in [0.2, 0.25) is 0 Å². The van der Waals surface area contributed by atoms with Gasteiger partial charge in [0.15, 0.2) is 0 Å². The predicted octanol–water partition coefficient (Wildman–Crippen LogP) is 2.11. The fourth-order valence-corrected chi connectivity index (χ4v) is 1.51. The Balaban J connectivity index is 2.20. The van der Waals surface area contributed by atoms with Crippen molar-refractivity contribution in [3.05, 3.63) is 0 Å². The molecule has 1 atom stereocenters. The number of ether oxygens (including phenoxy) is 1. The molecule has 3 nitrogen and oxygen atoms in total. The third kappa shape index (κ3) is 4.65. The molecular formula is C12H23NO2. The van der Waals surface area contributed by atoms with Crippen molar-refractivity contribution in [2.45, 2.75) is 58.6 Å². The third-order valence-electron chi connectivity index (χ3n) is 2.70. The molecular weight excluding hydrogens is 190 g/mol. The summed E-state index contributed by atoms with van der Waals surface area (Å²) in [5.41, 5.74) is -0.385. The Morgan fingerprint density at radius 2 is 2.07 bits per heavy atom. The lowest BCUT2D eigenvalue weighted by Gasteiger charge is -2.28. The second-order valence-corrected chi connectivity index (χ2v) is 5.46. The van der Waals surface area contributed by atoms with Crippen molar-refractivity contribution in [1.82, 2.24) is 5.32 Å². The van der Waals surface area contributed by atoms with Crippen LogP contribution in [0.4, 0.5) is 0 Å². The molecule has 88 valence electrons. The van der Waals surface area contributed by atoms with Gasteiger partial charge in [-0.2, -0.15) is 0 Å². The van der Waals surface area contributed by atoms with Gasteiger partial charge in [0.05, 0.1) is 0 Å². The topological polar surface area (TPSA) is 38.3 Å². The van der Waals surface area contributed by atoms with Gasteiger partial charge in [-0.3, -0.25) is 4.79 Å². The van der Waals surface area contributed by atoms with E-state index in [-0.39, 0.29) is 17.6 Å². The SMILES string of the molecule is CC(NCC1CCC1)C(=O)OC(C)(C)C. The summed E-state index contributed by atoms with van der Waals surface area (Å²) in [5.74, 6) is 0.622. The van der Waals surface area contributed by atoms with Crippen LogP contribution >= 0.6 is 0 Å². The summed E-state index contributed by atoms with van der Waals surface area (Å²) in [6, 6.07) is -0.190. The molecule has 1 aliphatic carbocycles. The van der Waals surface area contributed by atoms with Gasteiger partial charge in [0.1, 0.15) is 11.6 Å². The van der Waals surface area contributed by atoms with Crippen LogP contribution in [-0.4, -0.2) is 24.2 Å². The third-order valence-corrected chi connectivity index (χ3v) is 2.70. The molecule has 0 aromatic rings. The standard InChI is InChI=1S/C12H23NO2/c1-9(11(14)15-12(2,3)4)13-8-10-6-5-7-10/h9-10,13H,5-8H2,1-4H3. The highest BCUT2D eigenvalue weighted by molar-refractivity contribution is 5.75. The molecule has 0 radical (unpaired) electrons. The first-order chi connectivity index (χ1) is 6.88. The summed E-state index contributed by atoms with van der Waals surface area (Å²) >= 11 is 0. The lowest BCUT2D eigenvalue weighted by molar-refractivity contribution is -0.157. The van der Waals surface area contributed by atoms with Crippen molar-refractivity contribution in [3.63, 3.8) is 0 Å². The Labute approximate surface area is 92.6 Å². The van der Waals surface area contributed by atoms with Crippen molar-refractivity contribution in [1.29, 1.82) is 0 Å². The van der Waals surface area contributed by atoms with Crippen LogP contribution in [0, 0.1) is 5.92 Å². The molecule has 0 spiro atoms. The zero-order valence-electron chi connectivity index (χ0n) is 10.3. The van der Waals surface area contributed by atoms with Crippen molar-refractivity contribution in [3.8, 4) is 0 Å². The van der Waals surface area contributed by atoms with E-state index in [0.717, 1.165) is 12.5 Å². The fourth-order valence-electron chi connectivity index (χ4n) is 1.51. The summed E-state index contributed by atoms with van der Waals surface area (Å²) < 4.78 is 5.28. The quantitative estimate of drug-likeness (QED) is 0.727. The van der Waals surface area contributed by atoms with E-state index in [1.807, 2.05) is 27.7 Å². The first-order valence-electron chi connectivity index (χ1n) is 5.85. The Morgan fingerprint density at radius 1 is 1.47 bits per heavy atom. The highest BCUT2D eigenvalue weighted by Crippen LogP contribution is 2.25. The van der Waals surface area contributed by atoms with E-state index >= 15 is 0 Å². The molecule has 0 heterocycles. The zero-order chi connectivity index (χ0) is 11.5. The number of hydrogen-bond donors (Lipinski definition) is 1. The monoisotopic (exact) mass is 213 g/mol. The first kappa shape index (κ1) is 12.5. The van der Waals surface area contributed by atoms with E-state index in [9.17, 15) is 4.79 Å². The van der Waals surface area contributed by atoms with E-state index in [1.165, 1.54) is 19.3 Å². The molecule has 0 aromatic carbocycles. The lowest BCUT2D eigenvalue weighted by Crippen LogP contribution is -2.42. The second kappa shape index (κ2) is 4.97. The van der Waals surface area contributed by atoms with Gasteiger partial charge in [-0.05, 0) is 53.0 Å². The average Bonchev–Trinajstić information content (AvgIpc) is 1.97. The second-order valence-electron chi connectivity index (χ2n) is 5.46. The number of esters is 1. The molecule has 1 rings (SSSR count). The molecule has 0 saturated heterocycles. The molecule has 3 heteroatoms. The number of nitrogens with one attached hydrogen (secondary N) is 1. The largest absolute Gasteiger partial charge is 0.459 e. The maximum absolute atomic E-state index is 11.6. The minimum Gasteiger partial charge on any atom is -0.459 e. The van der Waals surface area contributed by atoms with Crippen LogP contribution in [0.15, 0.2) is 0 Å². The van der Waals surface area contributed by atoms with E-state index in [0.29, 0.717) is 0 Å². The molecule has 0 aromatic heterocycles. The zero-order valence-corrected chi connectivity index (χ0v) is 10.3. The van der Waals surface area contributed by atoms with Crippen LogP contribution in [0.25, 0.3) is 0 Å². The molecule has 1 saturated carbocycles. The maximum atomic E-state index is 11.6. The van der Waals surface area contributed by atoms with E-state index < -0.39 is 0 Å². The van der Waals surface area contributed by atoms with Gasteiger partial charge in [-0.1, -0.05) is 6.42 Å². The van der Waals surface area contributed by atoms with Crippen LogP contribution < -0.4 is 5.32 Å².